The Morgan fingerprint density at radius 2 is 1.43 bits per heavy atom. The molecule has 0 aliphatic carbocycles. The summed E-state index contributed by atoms with van der Waals surface area (Å²) >= 11 is 0. The molecule has 7 N–H and O–H groups in total. The van der Waals surface area contributed by atoms with Gasteiger partial charge in [-0.15, -0.1) is 0 Å². The number of rotatable bonds is 14. The van der Waals surface area contributed by atoms with E-state index in [4.69, 9.17) is 5.73 Å². The standard InChI is InChI=1S/C18H35N5O5.C4H10.C3H8.C2H6/c1-5-14(25)12(7-6-10-21-17(19)28)22-15(26)9-8-13(20-4)16(27)23-18(2,3)11-24;1-4(2)3;1-3-2;1-2/h12-13,20,24H,5-11H2,1-4H3,(H,22,26)(H,23,27)(H3,19,21,28);4H,1-3H3;3H2,1-2H3;1-2H3. The molecule has 0 saturated heterocycles. The first-order valence-electron chi connectivity index (χ1n) is 13.7. The monoisotopic (exact) mass is 533 g/mol. The third-order valence-corrected chi connectivity index (χ3v) is 4.22. The molecule has 0 aromatic heterocycles. The molecule has 0 spiro atoms. The van der Waals surface area contributed by atoms with Crippen LogP contribution >= 0.6 is 0 Å². The maximum absolute atomic E-state index is 12.3. The number of carbonyl (C=O) groups is 4. The highest BCUT2D eigenvalue weighted by Gasteiger charge is 2.25. The fraction of sp³-hybridized carbons (Fsp3) is 0.852. The molecule has 222 valence electrons. The van der Waals surface area contributed by atoms with Gasteiger partial charge in [-0.3, -0.25) is 14.4 Å². The molecule has 0 fully saturated rings. The van der Waals surface area contributed by atoms with Crippen LogP contribution in [0.1, 0.15) is 108 Å². The number of amides is 4. The number of urea groups is 1. The minimum Gasteiger partial charge on any atom is -0.394 e. The van der Waals surface area contributed by atoms with Crippen LogP contribution in [0.5, 0.6) is 0 Å². The summed E-state index contributed by atoms with van der Waals surface area (Å²) < 4.78 is 0. The maximum Gasteiger partial charge on any atom is 0.312 e. The predicted octanol–water partition coefficient (Wildman–Crippen LogP) is 3.26. The van der Waals surface area contributed by atoms with Crippen molar-refractivity contribution >= 4 is 23.6 Å². The average Bonchev–Trinajstić information content (AvgIpc) is 2.81. The third-order valence-electron chi connectivity index (χ3n) is 4.22. The number of primary amides is 1. The van der Waals surface area contributed by atoms with Gasteiger partial charge in [-0.2, -0.15) is 0 Å². The van der Waals surface area contributed by atoms with Crippen molar-refractivity contribution in [2.75, 3.05) is 20.2 Å². The molecule has 0 aromatic rings. The van der Waals surface area contributed by atoms with Crippen LogP contribution < -0.4 is 27.0 Å². The van der Waals surface area contributed by atoms with Gasteiger partial charge in [-0.1, -0.05) is 61.8 Å². The Morgan fingerprint density at radius 3 is 1.81 bits per heavy atom. The van der Waals surface area contributed by atoms with Crippen molar-refractivity contribution in [3.05, 3.63) is 0 Å². The van der Waals surface area contributed by atoms with E-state index >= 15 is 0 Å². The van der Waals surface area contributed by atoms with E-state index in [0.717, 1.165) is 5.92 Å². The summed E-state index contributed by atoms with van der Waals surface area (Å²) in [6.45, 7) is 20.0. The molecule has 2 unspecified atom stereocenters. The highest BCUT2D eigenvalue weighted by Crippen LogP contribution is 2.06. The normalized spacial score (nSPS) is 11.7. The van der Waals surface area contributed by atoms with Crippen molar-refractivity contribution in [3.8, 4) is 0 Å². The number of aliphatic hydroxyl groups is 1. The first-order valence-corrected chi connectivity index (χ1v) is 13.7. The molecule has 0 bridgehead atoms. The average molecular weight is 534 g/mol. The Hall–Kier alpha value is -2.20. The molecule has 0 aliphatic rings. The van der Waals surface area contributed by atoms with Gasteiger partial charge >= 0.3 is 6.03 Å². The van der Waals surface area contributed by atoms with Gasteiger partial charge in [0.25, 0.3) is 0 Å². The molecule has 0 aromatic carbocycles. The largest absolute Gasteiger partial charge is 0.394 e. The first-order chi connectivity index (χ1) is 17.2. The van der Waals surface area contributed by atoms with Crippen molar-refractivity contribution < 1.29 is 24.3 Å². The van der Waals surface area contributed by atoms with E-state index in [9.17, 15) is 24.3 Å². The summed E-state index contributed by atoms with van der Waals surface area (Å²) in [6, 6.07) is -1.87. The summed E-state index contributed by atoms with van der Waals surface area (Å²) in [7, 11) is 1.61. The Labute approximate surface area is 226 Å². The Balaban J connectivity index is -0.000000524. The van der Waals surface area contributed by atoms with Crippen LogP contribution in [0.4, 0.5) is 4.79 Å². The molecule has 2 atom stereocenters. The summed E-state index contributed by atoms with van der Waals surface area (Å²) in [5, 5.41) is 19.9. The number of nitrogens with two attached hydrogens (primary N) is 1. The van der Waals surface area contributed by atoms with Crippen molar-refractivity contribution in [1.82, 2.24) is 21.3 Å². The second kappa shape index (κ2) is 26.9. The van der Waals surface area contributed by atoms with E-state index in [1.807, 2.05) is 13.8 Å². The zero-order valence-corrected chi connectivity index (χ0v) is 25.5. The van der Waals surface area contributed by atoms with E-state index < -0.39 is 23.7 Å². The number of carbonyl (C=O) groups excluding carboxylic acids is 4. The van der Waals surface area contributed by atoms with Crippen LogP contribution in [0, 0.1) is 5.92 Å². The van der Waals surface area contributed by atoms with E-state index in [2.05, 4.69) is 55.9 Å². The number of nitrogens with one attached hydrogen (secondary N) is 4. The first kappa shape index (κ1) is 41.9. The van der Waals surface area contributed by atoms with Crippen LogP contribution in [0.25, 0.3) is 0 Å². The number of hydrogen-bond acceptors (Lipinski definition) is 6. The van der Waals surface area contributed by atoms with Gasteiger partial charge in [-0.05, 0) is 46.1 Å². The number of aliphatic hydroxyl groups excluding tert-OH is 1. The minimum atomic E-state index is -0.758. The molecule has 4 amide bonds. The fourth-order valence-corrected chi connectivity index (χ4v) is 2.49. The Bertz CT molecular complexity index is 595. The second-order valence-corrected chi connectivity index (χ2v) is 9.72. The highest BCUT2D eigenvalue weighted by atomic mass is 16.3. The second-order valence-electron chi connectivity index (χ2n) is 9.72. The van der Waals surface area contributed by atoms with Crippen molar-refractivity contribution in [3.63, 3.8) is 0 Å². The van der Waals surface area contributed by atoms with Gasteiger partial charge in [0.1, 0.15) is 0 Å². The van der Waals surface area contributed by atoms with Gasteiger partial charge in [0.05, 0.1) is 24.2 Å². The number of Topliss-reactive ketones (excluding diaryl/α,β-unsaturated/α-hetero) is 1. The lowest BCUT2D eigenvalue weighted by Gasteiger charge is -2.26. The van der Waals surface area contributed by atoms with Crippen molar-refractivity contribution in [1.29, 1.82) is 0 Å². The predicted molar refractivity (Wildman–Crippen MR) is 153 cm³/mol. The minimum absolute atomic E-state index is 0.0610. The summed E-state index contributed by atoms with van der Waals surface area (Å²) in [4.78, 5) is 47.2. The smallest absolute Gasteiger partial charge is 0.312 e. The van der Waals surface area contributed by atoms with Crippen molar-refractivity contribution in [2.24, 2.45) is 11.7 Å². The van der Waals surface area contributed by atoms with Gasteiger partial charge in [-0.25, -0.2) is 4.79 Å². The number of ketones is 1. The maximum atomic E-state index is 12.3. The van der Waals surface area contributed by atoms with Crippen molar-refractivity contribution in [2.45, 2.75) is 125 Å². The summed E-state index contributed by atoms with van der Waals surface area (Å²) in [5.41, 5.74) is 4.23. The van der Waals surface area contributed by atoms with E-state index in [1.165, 1.54) is 6.42 Å². The molecular formula is C27H59N5O5. The van der Waals surface area contributed by atoms with Gasteiger partial charge in [0.2, 0.25) is 11.8 Å². The fourth-order valence-electron chi connectivity index (χ4n) is 2.49. The molecule has 0 aliphatic heterocycles. The van der Waals surface area contributed by atoms with E-state index in [0.29, 0.717) is 19.4 Å². The number of likely N-dealkylation sites (N-methyl/N-ethyl adjacent to an activating group) is 1. The van der Waals surface area contributed by atoms with Gasteiger partial charge in [0.15, 0.2) is 5.78 Å². The molecule has 10 nitrogen and oxygen atoms in total. The highest BCUT2D eigenvalue weighted by molar-refractivity contribution is 5.89. The SMILES string of the molecule is CC.CC(C)C.CCC.CCC(=O)C(CCCNC(N)=O)NC(=O)CCC(NC)C(=O)NC(C)(C)CO. The van der Waals surface area contributed by atoms with E-state index in [1.54, 1.807) is 27.8 Å². The molecule has 0 saturated carbocycles. The molecule has 37 heavy (non-hydrogen) atoms. The summed E-state index contributed by atoms with van der Waals surface area (Å²) in [6.07, 6.45) is 2.72. The Morgan fingerprint density at radius 1 is 0.946 bits per heavy atom. The lowest BCUT2D eigenvalue weighted by atomic mass is 10.0. The zero-order valence-electron chi connectivity index (χ0n) is 25.5. The lowest BCUT2D eigenvalue weighted by Crippen LogP contribution is -2.53. The van der Waals surface area contributed by atoms with Crippen LogP contribution in [0.15, 0.2) is 0 Å². The molecular weight excluding hydrogens is 474 g/mol. The van der Waals surface area contributed by atoms with Crippen LogP contribution in [0.3, 0.4) is 0 Å². The molecule has 10 heteroatoms. The van der Waals surface area contributed by atoms with Gasteiger partial charge in [0, 0.05) is 19.4 Å². The van der Waals surface area contributed by atoms with Crippen LogP contribution in [-0.4, -0.2) is 66.6 Å². The lowest BCUT2D eigenvalue weighted by molar-refractivity contribution is -0.128. The third kappa shape index (κ3) is 29.9. The van der Waals surface area contributed by atoms with Crippen LogP contribution in [-0.2, 0) is 14.4 Å². The number of hydrogen-bond donors (Lipinski definition) is 6. The molecule has 0 heterocycles. The molecule has 0 radical (unpaired) electrons. The van der Waals surface area contributed by atoms with Crippen LogP contribution in [0.2, 0.25) is 0 Å². The Kier molecular flexibility index (Phi) is 30.4. The topological polar surface area (TPSA) is 163 Å². The van der Waals surface area contributed by atoms with Gasteiger partial charge < -0.3 is 32.1 Å². The quantitative estimate of drug-likeness (QED) is 0.188. The van der Waals surface area contributed by atoms with E-state index in [-0.39, 0.29) is 43.5 Å². The zero-order chi connectivity index (χ0) is 30.0. The molecule has 0 rings (SSSR count). The summed E-state index contributed by atoms with van der Waals surface area (Å²) in [5.74, 6) is 0.0946.